The smallest absolute Gasteiger partial charge is 0.174 e. The Kier molecular flexibility index (Phi) is 6.62. The summed E-state index contributed by atoms with van der Waals surface area (Å²) in [6.45, 7) is 2.19. The van der Waals surface area contributed by atoms with Gasteiger partial charge in [0.2, 0.25) is 0 Å². The van der Waals surface area contributed by atoms with E-state index >= 15 is 0 Å². The second-order valence-corrected chi connectivity index (χ2v) is 3.60. The molecule has 0 atom stereocenters. The first kappa shape index (κ1) is 14.3. The number of nitriles is 1. The second kappa shape index (κ2) is 8.34. The van der Waals surface area contributed by atoms with Crippen LogP contribution < -0.4 is 14.8 Å². The zero-order valence-electron chi connectivity index (χ0n) is 10.7. The van der Waals surface area contributed by atoms with Gasteiger partial charge >= 0.3 is 0 Å². The SMILES string of the molecule is COCCNCc1ccc(OC)c(OCC#N)c1. The summed E-state index contributed by atoms with van der Waals surface area (Å²) in [6.07, 6.45) is 0. The first-order valence-electron chi connectivity index (χ1n) is 5.68. The number of hydrogen-bond donors (Lipinski definition) is 1. The summed E-state index contributed by atoms with van der Waals surface area (Å²) in [5.41, 5.74) is 1.07. The number of hydrogen-bond acceptors (Lipinski definition) is 5. The van der Waals surface area contributed by atoms with Crippen LogP contribution in [0, 0.1) is 11.3 Å². The third kappa shape index (κ3) is 4.62. The van der Waals surface area contributed by atoms with Crippen molar-refractivity contribution in [3.05, 3.63) is 23.8 Å². The molecule has 5 nitrogen and oxygen atoms in total. The standard InChI is InChI=1S/C13H18N2O3/c1-16-8-6-15-10-11-3-4-12(17-2)13(9-11)18-7-5-14/h3-4,9,15H,6-8,10H2,1-2H3. The van der Waals surface area contributed by atoms with E-state index in [2.05, 4.69) is 5.32 Å². The maximum Gasteiger partial charge on any atom is 0.174 e. The number of methoxy groups -OCH3 is 2. The molecule has 0 spiro atoms. The van der Waals surface area contributed by atoms with Crippen molar-refractivity contribution in [1.82, 2.24) is 5.32 Å². The summed E-state index contributed by atoms with van der Waals surface area (Å²) in [7, 11) is 3.24. The highest BCUT2D eigenvalue weighted by atomic mass is 16.5. The minimum Gasteiger partial charge on any atom is -0.493 e. The summed E-state index contributed by atoms with van der Waals surface area (Å²) >= 11 is 0. The summed E-state index contributed by atoms with van der Waals surface area (Å²) < 4.78 is 15.4. The maximum absolute atomic E-state index is 8.52. The van der Waals surface area contributed by atoms with Crippen LogP contribution in [-0.4, -0.2) is 34.0 Å². The first-order chi connectivity index (χ1) is 8.81. The van der Waals surface area contributed by atoms with Crippen molar-refractivity contribution >= 4 is 0 Å². The molecule has 0 bridgehead atoms. The van der Waals surface area contributed by atoms with Crippen molar-refractivity contribution < 1.29 is 14.2 Å². The molecule has 1 aromatic carbocycles. The molecule has 0 aromatic heterocycles. The minimum atomic E-state index is 0.0108. The van der Waals surface area contributed by atoms with Crippen molar-refractivity contribution in [3.8, 4) is 17.6 Å². The van der Waals surface area contributed by atoms with Crippen LogP contribution in [0.5, 0.6) is 11.5 Å². The Hall–Kier alpha value is -1.77. The lowest BCUT2D eigenvalue weighted by atomic mass is 10.2. The third-order valence-corrected chi connectivity index (χ3v) is 2.33. The van der Waals surface area contributed by atoms with Gasteiger partial charge in [-0.1, -0.05) is 6.07 Å². The Labute approximate surface area is 107 Å². The lowest BCUT2D eigenvalue weighted by molar-refractivity contribution is 0.199. The lowest BCUT2D eigenvalue weighted by Gasteiger charge is -2.11. The zero-order valence-corrected chi connectivity index (χ0v) is 10.7. The van der Waals surface area contributed by atoms with Crippen molar-refractivity contribution in [2.45, 2.75) is 6.54 Å². The predicted molar refractivity (Wildman–Crippen MR) is 67.7 cm³/mol. The molecular formula is C13H18N2O3. The molecule has 18 heavy (non-hydrogen) atoms. The number of ether oxygens (including phenoxy) is 3. The van der Waals surface area contributed by atoms with E-state index in [9.17, 15) is 0 Å². The molecule has 0 heterocycles. The Bertz CT molecular complexity index is 402. The molecule has 0 amide bonds. The second-order valence-electron chi connectivity index (χ2n) is 3.60. The van der Waals surface area contributed by atoms with Gasteiger partial charge in [-0.25, -0.2) is 0 Å². The number of rotatable bonds is 8. The highest BCUT2D eigenvalue weighted by Crippen LogP contribution is 2.27. The van der Waals surface area contributed by atoms with Crippen molar-refractivity contribution in [3.63, 3.8) is 0 Å². The Morgan fingerprint density at radius 1 is 1.28 bits per heavy atom. The number of benzene rings is 1. The maximum atomic E-state index is 8.52. The molecule has 5 heteroatoms. The molecule has 0 aliphatic rings. The van der Waals surface area contributed by atoms with E-state index in [1.54, 1.807) is 14.2 Å². The number of nitrogens with one attached hydrogen (secondary N) is 1. The van der Waals surface area contributed by atoms with E-state index < -0.39 is 0 Å². The van der Waals surface area contributed by atoms with Gasteiger partial charge in [-0.2, -0.15) is 5.26 Å². The van der Waals surface area contributed by atoms with Gasteiger partial charge in [-0.3, -0.25) is 0 Å². The summed E-state index contributed by atoms with van der Waals surface area (Å²) in [4.78, 5) is 0. The molecule has 1 N–H and O–H groups in total. The van der Waals surface area contributed by atoms with Gasteiger partial charge in [0.05, 0.1) is 13.7 Å². The summed E-state index contributed by atoms with van der Waals surface area (Å²) in [6, 6.07) is 7.60. The highest BCUT2D eigenvalue weighted by Gasteiger charge is 2.05. The van der Waals surface area contributed by atoms with Gasteiger partial charge in [0.15, 0.2) is 18.1 Å². The van der Waals surface area contributed by atoms with Crippen molar-refractivity contribution in [2.24, 2.45) is 0 Å². The normalized spacial score (nSPS) is 9.83. The average molecular weight is 250 g/mol. The molecule has 0 aliphatic carbocycles. The van der Waals surface area contributed by atoms with Crippen LogP contribution in [-0.2, 0) is 11.3 Å². The van der Waals surface area contributed by atoms with E-state index in [-0.39, 0.29) is 6.61 Å². The Balaban J connectivity index is 2.61. The van der Waals surface area contributed by atoms with Crippen LogP contribution in [0.25, 0.3) is 0 Å². The molecule has 0 radical (unpaired) electrons. The van der Waals surface area contributed by atoms with Gasteiger partial charge < -0.3 is 19.5 Å². The Morgan fingerprint density at radius 2 is 2.11 bits per heavy atom. The third-order valence-electron chi connectivity index (χ3n) is 2.33. The molecule has 0 aliphatic heterocycles. The van der Waals surface area contributed by atoms with Crippen molar-refractivity contribution in [2.75, 3.05) is 34.0 Å². The monoisotopic (exact) mass is 250 g/mol. The molecule has 1 rings (SSSR count). The quantitative estimate of drug-likeness (QED) is 0.705. The van der Waals surface area contributed by atoms with Gasteiger partial charge in [0.25, 0.3) is 0 Å². The fourth-order valence-corrected chi connectivity index (χ4v) is 1.46. The van der Waals surface area contributed by atoms with E-state index in [0.717, 1.165) is 18.7 Å². The molecule has 0 saturated heterocycles. The van der Waals surface area contributed by atoms with Crippen LogP contribution >= 0.6 is 0 Å². The lowest BCUT2D eigenvalue weighted by Crippen LogP contribution is -2.18. The molecule has 0 fully saturated rings. The van der Waals surface area contributed by atoms with Gasteiger partial charge in [-0.15, -0.1) is 0 Å². The van der Waals surface area contributed by atoms with Crippen LogP contribution in [0.15, 0.2) is 18.2 Å². The average Bonchev–Trinajstić information content (AvgIpc) is 2.41. The van der Waals surface area contributed by atoms with Crippen molar-refractivity contribution in [1.29, 1.82) is 5.26 Å². The van der Waals surface area contributed by atoms with E-state index in [1.807, 2.05) is 24.3 Å². The fraction of sp³-hybridized carbons (Fsp3) is 0.462. The number of nitrogens with zero attached hydrogens (tertiary/aromatic N) is 1. The van der Waals surface area contributed by atoms with Gasteiger partial charge in [0, 0.05) is 20.2 Å². The van der Waals surface area contributed by atoms with E-state index in [1.165, 1.54) is 0 Å². The van der Waals surface area contributed by atoms with Gasteiger partial charge in [-0.05, 0) is 17.7 Å². The topological polar surface area (TPSA) is 63.5 Å². The molecule has 98 valence electrons. The zero-order chi connectivity index (χ0) is 13.2. The fourth-order valence-electron chi connectivity index (χ4n) is 1.46. The molecular weight excluding hydrogens is 232 g/mol. The summed E-state index contributed by atoms with van der Waals surface area (Å²) in [5, 5.41) is 11.8. The highest BCUT2D eigenvalue weighted by molar-refractivity contribution is 5.43. The first-order valence-corrected chi connectivity index (χ1v) is 5.68. The molecule has 0 saturated carbocycles. The largest absolute Gasteiger partial charge is 0.493 e. The predicted octanol–water partition coefficient (Wildman–Crippen LogP) is 1.33. The van der Waals surface area contributed by atoms with Crippen LogP contribution in [0.3, 0.4) is 0 Å². The van der Waals surface area contributed by atoms with E-state index in [4.69, 9.17) is 19.5 Å². The van der Waals surface area contributed by atoms with E-state index in [0.29, 0.717) is 18.1 Å². The minimum absolute atomic E-state index is 0.0108. The summed E-state index contributed by atoms with van der Waals surface area (Å²) in [5.74, 6) is 1.22. The van der Waals surface area contributed by atoms with Crippen LogP contribution in [0.1, 0.15) is 5.56 Å². The molecule has 1 aromatic rings. The van der Waals surface area contributed by atoms with Crippen LogP contribution in [0.2, 0.25) is 0 Å². The molecule has 0 unspecified atom stereocenters. The Morgan fingerprint density at radius 3 is 2.78 bits per heavy atom. The van der Waals surface area contributed by atoms with Crippen LogP contribution in [0.4, 0.5) is 0 Å². The van der Waals surface area contributed by atoms with Gasteiger partial charge in [0.1, 0.15) is 6.07 Å².